The maximum atomic E-state index is 12.6. The molecular weight excluding hydrogens is 352 g/mol. The minimum Gasteiger partial charge on any atom is -0.455 e. The van der Waals surface area contributed by atoms with Crippen molar-refractivity contribution in [3.8, 4) is 0 Å². The molecule has 0 radical (unpaired) electrons. The number of esters is 1. The molecule has 0 saturated carbocycles. The predicted octanol–water partition coefficient (Wildman–Crippen LogP) is 4.00. The Morgan fingerprint density at radius 2 is 1.73 bits per heavy atom. The highest BCUT2D eigenvalue weighted by atomic mass is 32.2. The van der Waals surface area contributed by atoms with Crippen LogP contribution in [0.5, 0.6) is 0 Å². The quantitative estimate of drug-likeness (QED) is 0.739. The van der Waals surface area contributed by atoms with E-state index < -0.39 is 17.3 Å². The number of carbonyl (C=O) groups is 1. The Bertz CT molecular complexity index is 639. The molecule has 5 nitrogen and oxygen atoms in total. The highest BCUT2D eigenvalue weighted by Gasteiger charge is 2.56. The van der Waals surface area contributed by atoms with E-state index in [-0.39, 0.29) is 29.7 Å². The largest absolute Gasteiger partial charge is 0.455 e. The zero-order chi connectivity index (χ0) is 19.1. The van der Waals surface area contributed by atoms with Gasteiger partial charge in [0.05, 0.1) is 11.5 Å². The lowest BCUT2D eigenvalue weighted by atomic mass is 9.96. The summed E-state index contributed by atoms with van der Waals surface area (Å²) in [6.07, 6.45) is -1.33. The summed E-state index contributed by atoms with van der Waals surface area (Å²) in [5, 5.41) is 0. The zero-order valence-electron chi connectivity index (χ0n) is 16.2. The van der Waals surface area contributed by atoms with Crippen LogP contribution in [-0.2, 0) is 23.7 Å². The SMILES string of the molecule is C[C@H]1O[C@@H](Sc2ccccc2)[C@H](OC(=O)C(C)(C)C)[C@H]2OC(C)(C)O[C@H]21. The van der Waals surface area contributed by atoms with E-state index in [4.69, 9.17) is 18.9 Å². The summed E-state index contributed by atoms with van der Waals surface area (Å²) in [6, 6.07) is 9.96. The molecule has 144 valence electrons. The Balaban J connectivity index is 1.87. The van der Waals surface area contributed by atoms with Crippen LogP contribution in [0, 0.1) is 5.41 Å². The first-order valence-corrected chi connectivity index (χ1v) is 9.89. The molecule has 0 amide bonds. The van der Waals surface area contributed by atoms with Crippen LogP contribution in [0.3, 0.4) is 0 Å². The number of rotatable bonds is 3. The van der Waals surface area contributed by atoms with Crippen molar-refractivity contribution in [3.63, 3.8) is 0 Å². The molecular formula is C20H28O5S. The van der Waals surface area contributed by atoms with Gasteiger partial charge in [0, 0.05) is 4.90 Å². The van der Waals surface area contributed by atoms with Crippen LogP contribution in [0.15, 0.2) is 35.2 Å². The number of carbonyl (C=O) groups excluding carboxylic acids is 1. The third kappa shape index (κ3) is 4.25. The highest BCUT2D eigenvalue weighted by molar-refractivity contribution is 7.99. The van der Waals surface area contributed by atoms with E-state index in [1.807, 2.05) is 71.9 Å². The first-order chi connectivity index (χ1) is 12.1. The van der Waals surface area contributed by atoms with E-state index in [1.54, 1.807) is 11.8 Å². The first-order valence-electron chi connectivity index (χ1n) is 9.01. The lowest BCUT2D eigenvalue weighted by molar-refractivity contribution is -0.194. The van der Waals surface area contributed by atoms with Gasteiger partial charge in [0.1, 0.15) is 17.6 Å². The highest BCUT2D eigenvalue weighted by Crippen LogP contribution is 2.43. The van der Waals surface area contributed by atoms with Gasteiger partial charge in [-0.15, -0.1) is 0 Å². The molecule has 26 heavy (non-hydrogen) atoms. The molecule has 0 spiro atoms. The summed E-state index contributed by atoms with van der Waals surface area (Å²) in [5.41, 5.74) is -0.965. The second-order valence-electron chi connectivity index (χ2n) is 8.33. The lowest BCUT2D eigenvalue weighted by Crippen LogP contribution is -2.56. The Morgan fingerprint density at radius 3 is 2.35 bits per heavy atom. The standard InChI is InChI=1S/C20H28O5S/c1-12-14-15(25-20(5,6)24-14)16(23-18(21)19(2,3)4)17(22-12)26-13-10-8-7-9-11-13/h7-12,14-17H,1-6H3/t12-,14+,15+,16-,17+/m1/s1. The molecule has 0 unspecified atom stereocenters. The van der Waals surface area contributed by atoms with Gasteiger partial charge in [-0.05, 0) is 53.7 Å². The summed E-state index contributed by atoms with van der Waals surface area (Å²) in [7, 11) is 0. The topological polar surface area (TPSA) is 54.0 Å². The van der Waals surface area contributed by atoms with E-state index >= 15 is 0 Å². The van der Waals surface area contributed by atoms with Crippen LogP contribution in [-0.4, -0.2) is 41.6 Å². The molecule has 3 rings (SSSR count). The fourth-order valence-corrected chi connectivity index (χ4v) is 4.26. The van der Waals surface area contributed by atoms with Crippen LogP contribution >= 0.6 is 11.8 Å². The number of thioether (sulfide) groups is 1. The van der Waals surface area contributed by atoms with Crippen molar-refractivity contribution in [3.05, 3.63) is 30.3 Å². The third-order valence-corrected chi connectivity index (χ3v) is 5.57. The molecule has 2 aliphatic heterocycles. The minimum atomic E-state index is -0.731. The van der Waals surface area contributed by atoms with Crippen molar-refractivity contribution in [2.75, 3.05) is 0 Å². The molecule has 6 heteroatoms. The van der Waals surface area contributed by atoms with Gasteiger partial charge >= 0.3 is 5.97 Å². The molecule has 0 N–H and O–H groups in total. The van der Waals surface area contributed by atoms with Gasteiger partial charge in [0.15, 0.2) is 11.9 Å². The van der Waals surface area contributed by atoms with Crippen LogP contribution in [0.25, 0.3) is 0 Å². The second kappa shape index (κ2) is 7.15. The van der Waals surface area contributed by atoms with Gasteiger partial charge in [-0.25, -0.2) is 0 Å². The Morgan fingerprint density at radius 1 is 1.12 bits per heavy atom. The average molecular weight is 381 g/mol. The Kier molecular flexibility index (Phi) is 5.41. The van der Waals surface area contributed by atoms with Crippen molar-refractivity contribution >= 4 is 17.7 Å². The van der Waals surface area contributed by atoms with Gasteiger partial charge in [-0.3, -0.25) is 4.79 Å². The number of ether oxygens (including phenoxy) is 4. The van der Waals surface area contributed by atoms with E-state index in [0.29, 0.717) is 0 Å². The molecule has 2 heterocycles. The number of hydrogen-bond acceptors (Lipinski definition) is 6. The summed E-state index contributed by atoms with van der Waals surface area (Å²) in [6.45, 7) is 11.3. The zero-order valence-corrected chi connectivity index (χ0v) is 17.0. The first kappa shape index (κ1) is 19.7. The molecule has 2 aliphatic rings. The molecule has 2 saturated heterocycles. The van der Waals surface area contributed by atoms with E-state index in [2.05, 4.69) is 0 Å². The second-order valence-corrected chi connectivity index (χ2v) is 9.50. The minimum absolute atomic E-state index is 0.160. The van der Waals surface area contributed by atoms with E-state index in [0.717, 1.165) is 4.90 Å². The molecule has 1 aromatic rings. The maximum Gasteiger partial charge on any atom is 0.311 e. The third-order valence-electron chi connectivity index (χ3n) is 4.42. The summed E-state index contributed by atoms with van der Waals surface area (Å²) in [5.74, 6) is -1.00. The van der Waals surface area contributed by atoms with Crippen LogP contribution in [0.4, 0.5) is 0 Å². The van der Waals surface area contributed by atoms with Crippen molar-refractivity contribution in [1.82, 2.24) is 0 Å². The molecule has 0 aliphatic carbocycles. The summed E-state index contributed by atoms with van der Waals surface area (Å²) < 4.78 is 24.2. The summed E-state index contributed by atoms with van der Waals surface area (Å²) in [4.78, 5) is 13.6. The van der Waals surface area contributed by atoms with Gasteiger partial charge < -0.3 is 18.9 Å². The van der Waals surface area contributed by atoms with E-state index in [1.165, 1.54) is 0 Å². The van der Waals surface area contributed by atoms with Crippen molar-refractivity contribution < 1.29 is 23.7 Å². The van der Waals surface area contributed by atoms with Crippen LogP contribution in [0.2, 0.25) is 0 Å². The normalized spacial score (nSPS) is 33.5. The summed E-state index contributed by atoms with van der Waals surface area (Å²) >= 11 is 1.54. The fourth-order valence-electron chi connectivity index (χ4n) is 3.11. The average Bonchev–Trinajstić information content (AvgIpc) is 2.87. The molecule has 1 aromatic carbocycles. The molecule has 5 atom stereocenters. The monoisotopic (exact) mass is 380 g/mol. The predicted molar refractivity (Wildman–Crippen MR) is 99.8 cm³/mol. The van der Waals surface area contributed by atoms with Crippen molar-refractivity contribution in [1.29, 1.82) is 0 Å². The van der Waals surface area contributed by atoms with Crippen molar-refractivity contribution in [2.24, 2.45) is 5.41 Å². The maximum absolute atomic E-state index is 12.6. The molecule has 0 bridgehead atoms. The Labute approximate surface area is 159 Å². The van der Waals surface area contributed by atoms with Gasteiger partial charge in [0.2, 0.25) is 0 Å². The fraction of sp³-hybridized carbons (Fsp3) is 0.650. The van der Waals surface area contributed by atoms with Gasteiger partial charge in [-0.2, -0.15) is 0 Å². The number of fused-ring (bicyclic) bond motifs is 1. The van der Waals surface area contributed by atoms with Crippen LogP contribution < -0.4 is 0 Å². The lowest BCUT2D eigenvalue weighted by Gasteiger charge is -2.41. The number of hydrogen-bond donors (Lipinski definition) is 0. The van der Waals surface area contributed by atoms with Crippen LogP contribution in [0.1, 0.15) is 41.5 Å². The van der Waals surface area contributed by atoms with Crippen molar-refractivity contribution in [2.45, 2.75) is 82.1 Å². The van der Waals surface area contributed by atoms with E-state index in [9.17, 15) is 4.79 Å². The number of benzene rings is 1. The Hall–Kier alpha value is -1.08. The molecule has 2 fully saturated rings. The van der Waals surface area contributed by atoms with Gasteiger partial charge in [-0.1, -0.05) is 30.0 Å². The smallest absolute Gasteiger partial charge is 0.311 e. The molecule has 0 aromatic heterocycles. The van der Waals surface area contributed by atoms with Gasteiger partial charge in [0.25, 0.3) is 0 Å².